The minimum atomic E-state index is -0.719. The van der Waals surface area contributed by atoms with E-state index < -0.39 is 5.60 Å². The third-order valence-electron chi connectivity index (χ3n) is 5.91. The molecule has 0 bridgehead atoms. The zero-order chi connectivity index (χ0) is 20.6. The van der Waals surface area contributed by atoms with Gasteiger partial charge < -0.3 is 14.4 Å². The SMILES string of the molecule is C/C=C(Cl)\C=C(/C=C(C)C)OC1CC2(C1)OC1CCC(c3ccccc3)N1C2=O. The summed E-state index contributed by atoms with van der Waals surface area (Å²) in [7, 11) is 0. The fourth-order valence-electron chi connectivity index (χ4n) is 4.55. The van der Waals surface area contributed by atoms with Crippen molar-refractivity contribution in [3.8, 4) is 0 Å². The van der Waals surface area contributed by atoms with Crippen molar-refractivity contribution in [2.45, 2.75) is 70.4 Å². The Hall–Kier alpha value is -2.04. The van der Waals surface area contributed by atoms with E-state index in [1.165, 1.54) is 5.56 Å². The summed E-state index contributed by atoms with van der Waals surface area (Å²) in [4.78, 5) is 15.3. The van der Waals surface area contributed by atoms with Crippen LogP contribution in [0, 0.1) is 0 Å². The van der Waals surface area contributed by atoms with Crippen molar-refractivity contribution in [1.82, 2.24) is 4.90 Å². The lowest BCUT2D eigenvalue weighted by molar-refractivity contribution is -0.168. The number of carbonyl (C=O) groups is 1. The van der Waals surface area contributed by atoms with Gasteiger partial charge >= 0.3 is 0 Å². The van der Waals surface area contributed by atoms with Crippen LogP contribution in [0.3, 0.4) is 0 Å². The predicted octanol–water partition coefficient (Wildman–Crippen LogP) is 5.62. The first-order valence-electron chi connectivity index (χ1n) is 10.3. The van der Waals surface area contributed by atoms with Crippen LogP contribution in [0.2, 0.25) is 0 Å². The molecule has 4 nitrogen and oxygen atoms in total. The summed E-state index contributed by atoms with van der Waals surface area (Å²) < 4.78 is 12.4. The molecular formula is C24H28ClNO3. The number of halogens is 1. The summed E-state index contributed by atoms with van der Waals surface area (Å²) in [5, 5.41) is 0.631. The number of ether oxygens (including phenoxy) is 2. The molecule has 29 heavy (non-hydrogen) atoms. The molecule has 0 radical (unpaired) electrons. The predicted molar refractivity (Wildman–Crippen MR) is 114 cm³/mol. The Morgan fingerprint density at radius 1 is 1.21 bits per heavy atom. The highest BCUT2D eigenvalue weighted by molar-refractivity contribution is 6.31. The van der Waals surface area contributed by atoms with Gasteiger partial charge in [0.05, 0.1) is 6.04 Å². The summed E-state index contributed by atoms with van der Waals surface area (Å²) in [5.74, 6) is 0.842. The molecular weight excluding hydrogens is 386 g/mol. The first-order chi connectivity index (χ1) is 13.9. The average molecular weight is 414 g/mol. The molecule has 1 saturated carbocycles. The van der Waals surface area contributed by atoms with E-state index in [4.69, 9.17) is 21.1 Å². The molecule has 0 aromatic heterocycles. The van der Waals surface area contributed by atoms with Crippen molar-refractivity contribution < 1.29 is 14.3 Å². The van der Waals surface area contributed by atoms with Crippen LogP contribution in [0.15, 0.2) is 64.9 Å². The maximum atomic E-state index is 13.3. The Morgan fingerprint density at radius 2 is 1.93 bits per heavy atom. The van der Waals surface area contributed by atoms with Crippen LogP contribution in [-0.2, 0) is 14.3 Å². The normalized spacial score (nSPS) is 31.7. The van der Waals surface area contributed by atoms with Crippen molar-refractivity contribution in [2.75, 3.05) is 0 Å². The molecule has 3 aliphatic rings. The van der Waals surface area contributed by atoms with Crippen LogP contribution in [0.25, 0.3) is 0 Å². The number of carbonyl (C=O) groups excluding carboxylic acids is 1. The van der Waals surface area contributed by atoms with Crippen molar-refractivity contribution in [2.24, 2.45) is 0 Å². The van der Waals surface area contributed by atoms with Crippen molar-refractivity contribution >= 4 is 17.5 Å². The maximum absolute atomic E-state index is 13.3. The van der Waals surface area contributed by atoms with Gasteiger partial charge in [-0.25, -0.2) is 0 Å². The quantitative estimate of drug-likeness (QED) is 0.464. The second-order valence-corrected chi connectivity index (χ2v) is 8.81. The van der Waals surface area contributed by atoms with Gasteiger partial charge in [0, 0.05) is 17.9 Å². The van der Waals surface area contributed by atoms with Gasteiger partial charge in [-0.3, -0.25) is 4.79 Å². The molecule has 2 unspecified atom stereocenters. The van der Waals surface area contributed by atoms with Gasteiger partial charge in [-0.1, -0.05) is 53.6 Å². The highest BCUT2D eigenvalue weighted by atomic mass is 35.5. The van der Waals surface area contributed by atoms with Crippen LogP contribution in [0.5, 0.6) is 0 Å². The molecule has 3 fully saturated rings. The van der Waals surface area contributed by atoms with Gasteiger partial charge in [-0.2, -0.15) is 0 Å². The first kappa shape index (κ1) is 20.2. The van der Waals surface area contributed by atoms with E-state index in [0.29, 0.717) is 17.9 Å². The minimum Gasteiger partial charge on any atom is -0.490 e. The number of amides is 1. The molecule has 0 N–H and O–H groups in total. The monoisotopic (exact) mass is 413 g/mol. The second-order valence-electron chi connectivity index (χ2n) is 8.37. The zero-order valence-electron chi connectivity index (χ0n) is 17.2. The van der Waals surface area contributed by atoms with Crippen molar-refractivity contribution in [3.05, 3.63) is 70.5 Å². The van der Waals surface area contributed by atoms with E-state index in [2.05, 4.69) is 12.1 Å². The van der Waals surface area contributed by atoms with Gasteiger partial charge in [0.15, 0.2) is 5.60 Å². The van der Waals surface area contributed by atoms with Gasteiger partial charge in [-0.05, 0) is 51.3 Å². The zero-order valence-corrected chi connectivity index (χ0v) is 18.0. The first-order valence-corrected chi connectivity index (χ1v) is 10.7. The molecule has 2 aliphatic heterocycles. The smallest absolute Gasteiger partial charge is 0.257 e. The highest BCUT2D eigenvalue weighted by Gasteiger charge is 2.63. The van der Waals surface area contributed by atoms with Crippen molar-refractivity contribution in [3.63, 3.8) is 0 Å². The summed E-state index contributed by atoms with van der Waals surface area (Å²) >= 11 is 6.16. The molecule has 2 atom stereocenters. The summed E-state index contributed by atoms with van der Waals surface area (Å²) in [6.45, 7) is 5.92. The molecule has 2 heterocycles. The van der Waals surface area contributed by atoms with E-state index in [-0.39, 0.29) is 24.3 Å². The fourth-order valence-corrected chi connectivity index (χ4v) is 4.66. The maximum Gasteiger partial charge on any atom is 0.257 e. The number of benzene rings is 1. The van der Waals surface area contributed by atoms with Gasteiger partial charge in [0.25, 0.3) is 5.91 Å². The van der Waals surface area contributed by atoms with E-state index in [1.54, 1.807) is 0 Å². The number of hydrogen-bond donors (Lipinski definition) is 0. The molecule has 1 amide bonds. The van der Waals surface area contributed by atoms with E-state index >= 15 is 0 Å². The van der Waals surface area contributed by atoms with E-state index in [9.17, 15) is 4.79 Å². The average Bonchev–Trinajstić information content (AvgIpc) is 3.20. The molecule has 1 aromatic carbocycles. The molecule has 1 aliphatic carbocycles. The third-order valence-corrected chi connectivity index (χ3v) is 6.24. The lowest BCUT2D eigenvalue weighted by atomic mass is 9.76. The third kappa shape index (κ3) is 3.88. The van der Waals surface area contributed by atoms with E-state index in [0.717, 1.165) is 24.2 Å². The molecule has 154 valence electrons. The lowest BCUT2D eigenvalue weighted by Gasteiger charge is -2.42. The van der Waals surface area contributed by atoms with Gasteiger partial charge in [0.2, 0.25) is 0 Å². The summed E-state index contributed by atoms with van der Waals surface area (Å²) in [5.41, 5.74) is 1.60. The largest absolute Gasteiger partial charge is 0.490 e. The molecule has 1 spiro atoms. The molecule has 4 rings (SSSR count). The van der Waals surface area contributed by atoms with Gasteiger partial charge in [0.1, 0.15) is 18.1 Å². The Labute approximate surface area is 177 Å². The summed E-state index contributed by atoms with van der Waals surface area (Å²) in [6, 6.07) is 10.4. The van der Waals surface area contributed by atoms with Crippen LogP contribution in [-0.4, -0.2) is 28.7 Å². The van der Waals surface area contributed by atoms with Gasteiger partial charge in [-0.15, -0.1) is 0 Å². The number of allylic oxidation sites excluding steroid dienone is 5. The highest BCUT2D eigenvalue weighted by Crippen LogP contribution is 2.52. The number of fused-ring (bicyclic) bond motifs is 1. The Balaban J connectivity index is 1.44. The summed E-state index contributed by atoms with van der Waals surface area (Å²) in [6.07, 6.45) is 8.47. The Bertz CT molecular complexity index is 863. The Morgan fingerprint density at radius 3 is 2.59 bits per heavy atom. The van der Waals surface area contributed by atoms with Crippen molar-refractivity contribution in [1.29, 1.82) is 0 Å². The van der Waals surface area contributed by atoms with Crippen LogP contribution < -0.4 is 0 Å². The number of nitrogens with zero attached hydrogens (tertiary/aromatic N) is 1. The standard InChI is InChI=1S/C24H28ClNO3/c1-4-18(25)13-19(12-16(2)3)28-20-14-24(15-20)23(27)26-21(10-11-22(26)29-24)17-8-6-5-7-9-17/h4-9,12-13,20-22H,10-11,14-15H2,1-3H3/b18-4+,19-13+. The van der Waals surface area contributed by atoms with Crippen LogP contribution >= 0.6 is 11.6 Å². The molecule has 2 saturated heterocycles. The van der Waals surface area contributed by atoms with Crippen LogP contribution in [0.4, 0.5) is 0 Å². The van der Waals surface area contributed by atoms with E-state index in [1.807, 2.05) is 62.1 Å². The lowest BCUT2D eigenvalue weighted by Crippen LogP contribution is -2.54. The molecule has 5 heteroatoms. The minimum absolute atomic E-state index is 0.0441. The second kappa shape index (κ2) is 8.00. The van der Waals surface area contributed by atoms with Crippen LogP contribution in [0.1, 0.15) is 58.1 Å². The number of rotatable bonds is 5. The molecule has 1 aromatic rings. The number of hydrogen-bond acceptors (Lipinski definition) is 3. The topological polar surface area (TPSA) is 38.8 Å². The fraction of sp³-hybridized carbons (Fsp3) is 0.458. The Kier molecular flexibility index (Phi) is 5.58.